The van der Waals surface area contributed by atoms with Gasteiger partial charge < -0.3 is 5.11 Å². The van der Waals surface area contributed by atoms with E-state index in [-0.39, 0.29) is 0 Å². The highest BCUT2D eigenvalue weighted by atomic mass is 32.2. The van der Waals surface area contributed by atoms with Gasteiger partial charge in [0, 0.05) is 28.7 Å². The molecule has 0 spiro atoms. The third-order valence-electron chi connectivity index (χ3n) is 4.78. The van der Waals surface area contributed by atoms with Gasteiger partial charge in [0.15, 0.2) is 0 Å². The number of pyridine rings is 1. The van der Waals surface area contributed by atoms with Gasteiger partial charge in [-0.25, -0.2) is 8.42 Å². The number of sulfonamides is 1. The average molecular weight is 380 g/mol. The minimum Gasteiger partial charge on any atom is -0.384 e. The minimum absolute atomic E-state index is 0.450. The maximum atomic E-state index is 11.5. The van der Waals surface area contributed by atoms with E-state index in [1.165, 1.54) is 0 Å². The number of aliphatic hydroxyl groups excluding tert-OH is 1. The lowest BCUT2D eigenvalue weighted by Crippen LogP contribution is -2.11. The Morgan fingerprint density at radius 1 is 1.00 bits per heavy atom. The van der Waals surface area contributed by atoms with Crippen molar-refractivity contribution in [3.05, 3.63) is 83.2 Å². The van der Waals surface area contributed by atoms with Gasteiger partial charge in [-0.05, 0) is 47.7 Å². The zero-order chi connectivity index (χ0) is 19.0. The number of aromatic nitrogens is 1. The molecule has 0 radical (unpaired) electrons. The van der Waals surface area contributed by atoms with Crippen molar-refractivity contribution in [1.29, 1.82) is 0 Å². The molecule has 4 rings (SSSR count). The molecule has 0 fully saturated rings. The van der Waals surface area contributed by atoms with Crippen LogP contribution < -0.4 is 4.72 Å². The maximum Gasteiger partial charge on any atom is 0.229 e. The molecule has 0 saturated heterocycles. The van der Waals surface area contributed by atoms with Crippen LogP contribution in [0.15, 0.2) is 60.8 Å². The Labute approximate surface area is 158 Å². The molecular formula is C21H20N2O3S. The first-order chi connectivity index (χ1) is 12.9. The topological polar surface area (TPSA) is 79.3 Å². The molecule has 138 valence electrons. The first-order valence-corrected chi connectivity index (χ1v) is 10.6. The first kappa shape index (κ1) is 17.7. The third kappa shape index (κ3) is 3.72. The Balaban J connectivity index is 1.78. The highest BCUT2D eigenvalue weighted by Gasteiger charge is 2.24. The largest absolute Gasteiger partial charge is 0.384 e. The van der Waals surface area contributed by atoms with Gasteiger partial charge in [0.2, 0.25) is 10.0 Å². The highest BCUT2D eigenvalue weighted by Crippen LogP contribution is 2.35. The molecule has 5 nitrogen and oxygen atoms in total. The number of nitrogens with one attached hydrogen (secondary N) is 1. The van der Waals surface area contributed by atoms with Crippen LogP contribution in [0.4, 0.5) is 5.69 Å². The Hall–Kier alpha value is -2.70. The second-order valence-corrected chi connectivity index (χ2v) is 8.56. The van der Waals surface area contributed by atoms with Gasteiger partial charge in [0.25, 0.3) is 0 Å². The van der Waals surface area contributed by atoms with Crippen LogP contribution in [-0.2, 0) is 22.9 Å². The standard InChI is InChI=1S/C21H20N2O3S/c1-27(25,26)23-17-9-7-15-8-10-20-19(21(24)18(15)12-17)11-16(13-22-20)14-5-3-2-4-6-14/h2-7,9,11-13,21,23-24H,8,10H2,1H3. The molecular weight excluding hydrogens is 360 g/mol. The zero-order valence-corrected chi connectivity index (χ0v) is 15.7. The van der Waals surface area contributed by atoms with E-state index in [1.54, 1.807) is 12.1 Å². The van der Waals surface area contributed by atoms with Crippen LogP contribution in [0.2, 0.25) is 0 Å². The summed E-state index contributed by atoms with van der Waals surface area (Å²) in [5.41, 5.74) is 5.79. The van der Waals surface area contributed by atoms with Gasteiger partial charge in [-0.1, -0.05) is 36.4 Å². The Morgan fingerprint density at radius 3 is 2.52 bits per heavy atom. The predicted octanol–water partition coefficient (Wildman–Crippen LogP) is 3.30. The lowest BCUT2D eigenvalue weighted by molar-refractivity contribution is 0.219. The van der Waals surface area contributed by atoms with Gasteiger partial charge >= 0.3 is 0 Å². The predicted molar refractivity (Wildman–Crippen MR) is 106 cm³/mol. The number of benzene rings is 2. The van der Waals surface area contributed by atoms with E-state index >= 15 is 0 Å². The van der Waals surface area contributed by atoms with Crippen LogP contribution in [0, 0.1) is 0 Å². The molecule has 1 heterocycles. The van der Waals surface area contributed by atoms with E-state index in [2.05, 4.69) is 9.71 Å². The van der Waals surface area contributed by atoms with Crippen molar-refractivity contribution in [3.63, 3.8) is 0 Å². The van der Waals surface area contributed by atoms with Crippen molar-refractivity contribution in [2.45, 2.75) is 18.9 Å². The quantitative estimate of drug-likeness (QED) is 0.731. The van der Waals surface area contributed by atoms with Crippen LogP contribution in [0.5, 0.6) is 0 Å². The minimum atomic E-state index is -3.38. The molecule has 27 heavy (non-hydrogen) atoms. The molecule has 1 unspecified atom stereocenters. The fourth-order valence-electron chi connectivity index (χ4n) is 3.52. The summed E-state index contributed by atoms with van der Waals surface area (Å²) in [6.07, 6.45) is 3.58. The number of anilines is 1. The molecule has 0 amide bonds. The maximum absolute atomic E-state index is 11.5. The molecule has 2 N–H and O–H groups in total. The van der Waals surface area contributed by atoms with Crippen LogP contribution in [0.25, 0.3) is 11.1 Å². The Kier molecular flexibility index (Phi) is 4.45. The van der Waals surface area contributed by atoms with Crippen LogP contribution in [0.1, 0.15) is 28.5 Å². The van der Waals surface area contributed by atoms with Gasteiger partial charge in [-0.3, -0.25) is 9.71 Å². The summed E-state index contributed by atoms with van der Waals surface area (Å²) in [6, 6.07) is 17.2. The van der Waals surface area contributed by atoms with Crippen molar-refractivity contribution in [3.8, 4) is 11.1 Å². The number of fused-ring (bicyclic) bond motifs is 2. The fraction of sp³-hybridized carbons (Fsp3) is 0.190. The van der Waals surface area contributed by atoms with Gasteiger partial charge in [-0.2, -0.15) is 0 Å². The van der Waals surface area contributed by atoms with E-state index in [9.17, 15) is 13.5 Å². The number of rotatable bonds is 3. The van der Waals surface area contributed by atoms with Crippen LogP contribution in [0.3, 0.4) is 0 Å². The summed E-state index contributed by atoms with van der Waals surface area (Å²) in [5, 5.41) is 11.1. The molecule has 2 aromatic carbocycles. The van der Waals surface area contributed by atoms with Crippen molar-refractivity contribution >= 4 is 15.7 Å². The van der Waals surface area contributed by atoms with E-state index < -0.39 is 16.1 Å². The van der Waals surface area contributed by atoms with Crippen LogP contribution in [-0.4, -0.2) is 24.8 Å². The fourth-order valence-corrected chi connectivity index (χ4v) is 4.07. The number of aryl methyl sites for hydroxylation is 2. The Bertz CT molecular complexity index is 1100. The molecule has 0 bridgehead atoms. The molecule has 1 aliphatic carbocycles. The lowest BCUT2D eigenvalue weighted by Gasteiger charge is -2.16. The summed E-state index contributed by atoms with van der Waals surface area (Å²) >= 11 is 0. The van der Waals surface area contributed by atoms with Crippen molar-refractivity contribution in [2.75, 3.05) is 11.0 Å². The van der Waals surface area contributed by atoms with E-state index in [1.807, 2.05) is 48.7 Å². The van der Waals surface area contributed by atoms with Gasteiger partial charge in [0.1, 0.15) is 6.10 Å². The SMILES string of the molecule is CS(=O)(=O)Nc1ccc2c(c1)C(O)c1cc(-c3ccccc3)cnc1CC2. The van der Waals surface area contributed by atoms with Crippen molar-refractivity contribution in [1.82, 2.24) is 4.98 Å². The van der Waals surface area contributed by atoms with Crippen molar-refractivity contribution < 1.29 is 13.5 Å². The number of hydrogen-bond donors (Lipinski definition) is 2. The molecule has 0 aliphatic heterocycles. The molecule has 1 atom stereocenters. The van der Waals surface area contributed by atoms with E-state index in [4.69, 9.17) is 0 Å². The summed E-state index contributed by atoms with van der Waals surface area (Å²) in [4.78, 5) is 4.60. The summed E-state index contributed by atoms with van der Waals surface area (Å²) in [5.74, 6) is 0. The highest BCUT2D eigenvalue weighted by molar-refractivity contribution is 7.92. The monoisotopic (exact) mass is 380 g/mol. The smallest absolute Gasteiger partial charge is 0.229 e. The molecule has 1 aliphatic rings. The van der Waals surface area contributed by atoms with Crippen molar-refractivity contribution in [2.24, 2.45) is 0 Å². The molecule has 1 aromatic heterocycles. The van der Waals surface area contributed by atoms with Gasteiger partial charge in [0.05, 0.1) is 6.26 Å². The first-order valence-electron chi connectivity index (χ1n) is 8.73. The second-order valence-electron chi connectivity index (χ2n) is 6.82. The lowest BCUT2D eigenvalue weighted by atomic mass is 9.96. The second kappa shape index (κ2) is 6.79. The average Bonchev–Trinajstić information content (AvgIpc) is 2.78. The number of nitrogens with zero attached hydrogens (tertiary/aromatic N) is 1. The molecule has 0 saturated carbocycles. The normalized spacial score (nSPS) is 16.1. The van der Waals surface area contributed by atoms with E-state index in [0.717, 1.165) is 52.6 Å². The summed E-state index contributed by atoms with van der Waals surface area (Å²) in [7, 11) is -3.38. The number of hydrogen-bond acceptors (Lipinski definition) is 4. The van der Waals surface area contributed by atoms with E-state index in [0.29, 0.717) is 5.69 Å². The van der Waals surface area contributed by atoms with Crippen LogP contribution >= 0.6 is 0 Å². The molecule has 3 aromatic rings. The Morgan fingerprint density at radius 2 is 1.78 bits per heavy atom. The molecule has 6 heteroatoms. The number of aliphatic hydroxyl groups is 1. The van der Waals surface area contributed by atoms with Gasteiger partial charge in [-0.15, -0.1) is 0 Å². The summed E-state index contributed by atoms with van der Waals surface area (Å²) < 4.78 is 25.5. The zero-order valence-electron chi connectivity index (χ0n) is 14.9. The summed E-state index contributed by atoms with van der Waals surface area (Å²) in [6.45, 7) is 0. The third-order valence-corrected chi connectivity index (χ3v) is 5.39.